The maximum absolute atomic E-state index is 12.1. The molecule has 0 saturated carbocycles. The molecule has 138 valence electrons. The highest BCUT2D eigenvalue weighted by Gasteiger charge is 2.18. The molecule has 0 radical (unpaired) electrons. The van der Waals surface area contributed by atoms with Crippen LogP contribution in [0.15, 0.2) is 66.7 Å². The third kappa shape index (κ3) is 4.35. The minimum absolute atomic E-state index is 0.204. The molecule has 0 aromatic heterocycles. The number of carbonyl (C=O) groups excluding carboxylic acids is 1. The van der Waals surface area contributed by atoms with Gasteiger partial charge in [-0.15, -0.1) is 0 Å². The van der Waals surface area contributed by atoms with Crippen LogP contribution in [0.4, 0.5) is 0 Å². The lowest BCUT2D eigenvalue weighted by molar-refractivity contribution is 0.0943. The van der Waals surface area contributed by atoms with Gasteiger partial charge in [-0.05, 0) is 47.6 Å². The molecule has 0 aliphatic carbocycles. The summed E-state index contributed by atoms with van der Waals surface area (Å²) in [5.74, 6) is -0.0648. The molecule has 3 aromatic carbocycles. The van der Waals surface area contributed by atoms with Crippen molar-refractivity contribution < 1.29 is 9.90 Å². The Kier molecular flexibility index (Phi) is 5.88. The Hall–Kier alpha value is -3.12. The first-order chi connectivity index (χ1) is 13.1. The predicted molar refractivity (Wildman–Crippen MR) is 111 cm³/mol. The maximum atomic E-state index is 12.1. The molecule has 3 aromatic rings. The number of hydrogen-bond acceptors (Lipinski definition) is 3. The number of fused-ring (bicyclic) bond motifs is 1. The summed E-state index contributed by atoms with van der Waals surface area (Å²) in [5, 5.41) is 15.9. The fraction of sp³-hybridized carbons (Fsp3) is 0.143. The number of nitrogens with one attached hydrogen (secondary N) is 3. The smallest absolute Gasteiger partial charge is 0.269 e. The zero-order valence-electron chi connectivity index (χ0n) is 14.9. The first kappa shape index (κ1) is 18.7. The number of hydrazine groups is 1. The van der Waals surface area contributed by atoms with Crippen LogP contribution in [0.25, 0.3) is 10.8 Å². The maximum Gasteiger partial charge on any atom is 0.269 e. The number of phenolic OH excluding ortho intramolecular Hbond substituents is 1. The van der Waals surface area contributed by atoms with Crippen molar-refractivity contribution in [1.29, 1.82) is 0 Å². The van der Waals surface area contributed by atoms with Crippen LogP contribution >= 0.6 is 12.2 Å². The standard InChI is InChI=1S/C21H21N3O2S/c1-2-17(19-16-11-7-6-8-14(16)12-13-18(19)25)22-21(27)24-23-20(26)15-9-4-3-5-10-15/h3-13,17,25H,2H2,1H3,(H,23,26)(H2,22,24,27). The largest absolute Gasteiger partial charge is 0.508 e. The van der Waals surface area contributed by atoms with Gasteiger partial charge in [0.25, 0.3) is 5.91 Å². The number of hydrogen-bond donors (Lipinski definition) is 4. The molecule has 0 aliphatic rings. The Morgan fingerprint density at radius 3 is 2.44 bits per heavy atom. The van der Waals surface area contributed by atoms with E-state index in [9.17, 15) is 9.90 Å². The van der Waals surface area contributed by atoms with E-state index in [0.717, 1.165) is 16.3 Å². The first-order valence-corrected chi connectivity index (χ1v) is 9.13. The van der Waals surface area contributed by atoms with Gasteiger partial charge in [-0.2, -0.15) is 0 Å². The van der Waals surface area contributed by atoms with E-state index in [4.69, 9.17) is 12.2 Å². The van der Waals surface area contributed by atoms with E-state index >= 15 is 0 Å². The van der Waals surface area contributed by atoms with Crippen molar-refractivity contribution in [2.75, 3.05) is 0 Å². The third-order valence-corrected chi connectivity index (χ3v) is 4.56. The molecule has 4 N–H and O–H groups in total. The molecule has 3 rings (SSSR count). The Morgan fingerprint density at radius 2 is 1.70 bits per heavy atom. The van der Waals surface area contributed by atoms with Gasteiger partial charge < -0.3 is 10.4 Å². The van der Waals surface area contributed by atoms with Gasteiger partial charge in [0.2, 0.25) is 0 Å². The quantitative estimate of drug-likeness (QED) is 0.410. The van der Waals surface area contributed by atoms with Crippen molar-refractivity contribution in [3.8, 4) is 5.75 Å². The highest BCUT2D eigenvalue weighted by molar-refractivity contribution is 7.80. The summed E-state index contributed by atoms with van der Waals surface area (Å²) in [6.07, 6.45) is 0.704. The average Bonchev–Trinajstić information content (AvgIpc) is 2.71. The van der Waals surface area contributed by atoms with Gasteiger partial charge in [-0.3, -0.25) is 15.6 Å². The molecule has 1 unspecified atom stereocenters. The van der Waals surface area contributed by atoms with Crippen molar-refractivity contribution in [2.45, 2.75) is 19.4 Å². The van der Waals surface area contributed by atoms with Gasteiger partial charge in [-0.25, -0.2) is 0 Å². The van der Waals surface area contributed by atoms with Crippen LogP contribution in [0.3, 0.4) is 0 Å². The Labute approximate surface area is 163 Å². The van der Waals surface area contributed by atoms with Crippen molar-refractivity contribution in [3.63, 3.8) is 0 Å². The van der Waals surface area contributed by atoms with Crippen molar-refractivity contribution in [1.82, 2.24) is 16.2 Å². The summed E-state index contributed by atoms with van der Waals surface area (Å²) >= 11 is 5.31. The SMILES string of the molecule is CCC(NC(=S)NNC(=O)c1ccccc1)c1c(O)ccc2ccccc12. The molecule has 1 atom stereocenters. The summed E-state index contributed by atoms with van der Waals surface area (Å²) in [5.41, 5.74) is 6.62. The first-order valence-electron chi connectivity index (χ1n) is 8.72. The van der Waals surface area contributed by atoms with Crippen LogP contribution in [-0.4, -0.2) is 16.1 Å². The van der Waals surface area contributed by atoms with E-state index in [1.54, 1.807) is 30.3 Å². The van der Waals surface area contributed by atoms with E-state index < -0.39 is 0 Å². The molecule has 0 heterocycles. The lowest BCUT2D eigenvalue weighted by Gasteiger charge is -2.22. The van der Waals surface area contributed by atoms with Crippen LogP contribution in [0, 0.1) is 0 Å². The molecule has 0 saturated heterocycles. The summed E-state index contributed by atoms with van der Waals surface area (Å²) in [7, 11) is 0. The highest BCUT2D eigenvalue weighted by atomic mass is 32.1. The molecule has 5 nitrogen and oxygen atoms in total. The fourth-order valence-electron chi connectivity index (χ4n) is 3.00. The zero-order valence-corrected chi connectivity index (χ0v) is 15.7. The molecule has 0 fully saturated rings. The van der Waals surface area contributed by atoms with Crippen molar-refractivity contribution in [3.05, 3.63) is 77.9 Å². The molecular weight excluding hydrogens is 358 g/mol. The van der Waals surface area contributed by atoms with E-state index in [0.29, 0.717) is 12.0 Å². The fourth-order valence-corrected chi connectivity index (χ4v) is 3.19. The van der Waals surface area contributed by atoms with E-state index in [1.165, 1.54) is 0 Å². The summed E-state index contributed by atoms with van der Waals surface area (Å²) in [6, 6.07) is 20.1. The van der Waals surface area contributed by atoms with Crippen LogP contribution in [0.1, 0.15) is 35.3 Å². The lowest BCUT2D eigenvalue weighted by atomic mass is 9.96. The van der Waals surface area contributed by atoms with E-state index in [-0.39, 0.29) is 22.8 Å². The molecule has 0 bridgehead atoms. The number of amides is 1. The number of carbonyl (C=O) groups is 1. The van der Waals surface area contributed by atoms with Crippen LogP contribution in [-0.2, 0) is 0 Å². The summed E-state index contributed by atoms with van der Waals surface area (Å²) < 4.78 is 0. The predicted octanol–water partition coefficient (Wildman–Crippen LogP) is 3.81. The second-order valence-electron chi connectivity index (χ2n) is 6.10. The monoisotopic (exact) mass is 379 g/mol. The minimum Gasteiger partial charge on any atom is -0.508 e. The van der Waals surface area contributed by atoms with Crippen LogP contribution in [0.2, 0.25) is 0 Å². The summed E-state index contributed by atoms with van der Waals surface area (Å²) in [6.45, 7) is 2.00. The number of rotatable bonds is 4. The average molecular weight is 379 g/mol. The van der Waals surface area contributed by atoms with Gasteiger partial charge in [-0.1, -0.05) is 55.5 Å². The van der Waals surface area contributed by atoms with Gasteiger partial charge in [0.05, 0.1) is 6.04 Å². The molecular formula is C21H21N3O2S. The summed E-state index contributed by atoms with van der Waals surface area (Å²) in [4.78, 5) is 12.1. The minimum atomic E-state index is -0.277. The molecule has 27 heavy (non-hydrogen) atoms. The van der Waals surface area contributed by atoms with Gasteiger partial charge in [0, 0.05) is 11.1 Å². The zero-order chi connectivity index (χ0) is 19.2. The van der Waals surface area contributed by atoms with E-state index in [2.05, 4.69) is 16.2 Å². The van der Waals surface area contributed by atoms with Gasteiger partial charge in [0.15, 0.2) is 5.11 Å². The Balaban J connectivity index is 1.71. The topological polar surface area (TPSA) is 73.4 Å². The third-order valence-electron chi connectivity index (χ3n) is 4.34. The normalized spacial score (nSPS) is 11.6. The number of thiocarbonyl (C=S) groups is 1. The molecule has 6 heteroatoms. The van der Waals surface area contributed by atoms with Crippen LogP contribution in [0.5, 0.6) is 5.75 Å². The second kappa shape index (κ2) is 8.51. The Morgan fingerprint density at radius 1 is 1.00 bits per heavy atom. The second-order valence-corrected chi connectivity index (χ2v) is 6.51. The van der Waals surface area contributed by atoms with E-state index in [1.807, 2.05) is 43.3 Å². The Bertz CT molecular complexity index is 960. The lowest BCUT2D eigenvalue weighted by Crippen LogP contribution is -2.47. The molecule has 0 spiro atoms. The van der Waals surface area contributed by atoms with Gasteiger partial charge >= 0.3 is 0 Å². The number of phenols is 1. The number of aromatic hydroxyl groups is 1. The highest BCUT2D eigenvalue weighted by Crippen LogP contribution is 2.33. The molecule has 0 aliphatic heterocycles. The van der Waals surface area contributed by atoms with Crippen molar-refractivity contribution >= 4 is 34.0 Å². The van der Waals surface area contributed by atoms with Crippen molar-refractivity contribution in [2.24, 2.45) is 0 Å². The van der Waals surface area contributed by atoms with Crippen LogP contribution < -0.4 is 16.2 Å². The molecule has 1 amide bonds. The van der Waals surface area contributed by atoms with Gasteiger partial charge in [0.1, 0.15) is 5.75 Å². The number of benzene rings is 3.